The molecule has 1 nitrogen and oxygen atoms in total. The first-order chi connectivity index (χ1) is 3.27. The molecule has 0 heterocycles. The van der Waals surface area contributed by atoms with Crippen LogP contribution in [0.25, 0.3) is 0 Å². The lowest BCUT2D eigenvalue weighted by molar-refractivity contribution is 1.34. The van der Waals surface area contributed by atoms with Gasteiger partial charge in [-0.15, -0.1) is 0 Å². The third kappa shape index (κ3) is 29.3. The first kappa shape index (κ1) is 9.74. The zero-order chi connectivity index (χ0) is 6.28. The van der Waals surface area contributed by atoms with Crippen molar-refractivity contribution in [2.24, 2.45) is 5.73 Å². The zero-order valence-corrected chi connectivity index (χ0v) is 5.65. The van der Waals surface area contributed by atoms with Crippen molar-refractivity contribution in [1.29, 1.82) is 0 Å². The van der Waals surface area contributed by atoms with Crippen LogP contribution in [0.4, 0.5) is 0 Å². The van der Waals surface area contributed by atoms with Crippen molar-refractivity contribution in [3.63, 3.8) is 0 Å². The van der Waals surface area contributed by atoms with Crippen LogP contribution in [0.5, 0.6) is 0 Å². The van der Waals surface area contributed by atoms with Crippen molar-refractivity contribution in [3.05, 3.63) is 11.8 Å². The molecule has 0 bridgehead atoms. The van der Waals surface area contributed by atoms with Gasteiger partial charge in [-0.25, -0.2) is 0 Å². The predicted octanol–water partition coefficient (Wildman–Crippen LogP) is 1.90. The summed E-state index contributed by atoms with van der Waals surface area (Å²) in [5.41, 5.74) is 6.17. The van der Waals surface area contributed by atoms with Gasteiger partial charge in [0, 0.05) is 0 Å². The lowest BCUT2D eigenvalue weighted by Gasteiger charge is -1.74. The minimum Gasteiger partial charge on any atom is -0.405 e. The van der Waals surface area contributed by atoms with Crippen LogP contribution in [0.1, 0.15) is 27.7 Å². The lowest BCUT2D eigenvalue weighted by Crippen LogP contribution is -1.76. The molecule has 0 unspecified atom stereocenters. The summed E-state index contributed by atoms with van der Waals surface area (Å²) >= 11 is 0. The molecule has 1 heteroatoms. The van der Waals surface area contributed by atoms with E-state index in [4.69, 9.17) is 5.73 Å². The van der Waals surface area contributed by atoms with Crippen LogP contribution < -0.4 is 5.73 Å². The van der Waals surface area contributed by atoms with Gasteiger partial charge in [-0.1, -0.05) is 19.4 Å². The average molecular weight is 101 g/mol. The van der Waals surface area contributed by atoms with Crippen LogP contribution in [0.15, 0.2) is 11.8 Å². The summed E-state index contributed by atoms with van der Waals surface area (Å²) in [5, 5.41) is 0. The van der Waals surface area contributed by atoms with Gasteiger partial charge >= 0.3 is 0 Å². The van der Waals surface area contributed by atoms with E-state index in [1.807, 2.05) is 27.7 Å². The highest BCUT2D eigenvalue weighted by molar-refractivity contribution is 4.87. The van der Waals surface area contributed by atoms with Crippen molar-refractivity contribution < 1.29 is 0 Å². The first-order valence-corrected chi connectivity index (χ1v) is 2.62. The smallest absolute Gasteiger partial charge is 0.00761 e. The van der Waals surface area contributed by atoms with Crippen molar-refractivity contribution in [2.45, 2.75) is 27.7 Å². The highest BCUT2D eigenvalue weighted by atomic mass is 14.5. The molecule has 0 aliphatic heterocycles. The molecule has 0 aromatic carbocycles. The second-order valence-electron chi connectivity index (χ2n) is 1.24. The molecule has 0 aromatic heterocycles. The minimum atomic E-state index is 1.16. The number of allylic oxidation sites excluding steroid dienone is 1. The Balaban J connectivity index is 0. The Morgan fingerprint density at radius 2 is 1.43 bits per heavy atom. The summed E-state index contributed by atoms with van der Waals surface area (Å²) in [6.07, 6.45) is 1.58. The standard InChI is InChI=1S/C4H9N.C2H6/c1-4(2)3-5;1-2/h3H,5H2,1-2H3;1-2H3. The van der Waals surface area contributed by atoms with E-state index in [0.29, 0.717) is 0 Å². The summed E-state index contributed by atoms with van der Waals surface area (Å²) in [5.74, 6) is 0. The van der Waals surface area contributed by atoms with Crippen LogP contribution in [-0.2, 0) is 0 Å². The Kier molecular flexibility index (Phi) is 12.7. The van der Waals surface area contributed by atoms with E-state index in [0.717, 1.165) is 5.57 Å². The molecule has 0 amide bonds. The van der Waals surface area contributed by atoms with E-state index in [9.17, 15) is 0 Å². The molecule has 0 atom stereocenters. The maximum atomic E-state index is 5.01. The van der Waals surface area contributed by atoms with Crippen LogP contribution in [0.2, 0.25) is 0 Å². The van der Waals surface area contributed by atoms with E-state index in [1.165, 1.54) is 0 Å². The molecule has 0 saturated heterocycles. The van der Waals surface area contributed by atoms with Crippen molar-refractivity contribution in [3.8, 4) is 0 Å². The quantitative estimate of drug-likeness (QED) is 0.495. The monoisotopic (exact) mass is 101 g/mol. The molecule has 0 aromatic rings. The van der Waals surface area contributed by atoms with E-state index in [2.05, 4.69) is 0 Å². The highest BCUT2D eigenvalue weighted by Crippen LogP contribution is 1.78. The maximum Gasteiger partial charge on any atom is -0.00761 e. The number of hydrogen-bond acceptors (Lipinski definition) is 1. The van der Waals surface area contributed by atoms with Gasteiger partial charge in [0.15, 0.2) is 0 Å². The van der Waals surface area contributed by atoms with Crippen molar-refractivity contribution in [1.82, 2.24) is 0 Å². The van der Waals surface area contributed by atoms with Crippen LogP contribution >= 0.6 is 0 Å². The average Bonchev–Trinajstić information content (AvgIpc) is 1.73. The Hall–Kier alpha value is -0.460. The summed E-state index contributed by atoms with van der Waals surface area (Å²) in [6, 6.07) is 0. The summed E-state index contributed by atoms with van der Waals surface area (Å²) < 4.78 is 0. The molecule has 0 rings (SSSR count). The third-order valence-electron chi connectivity index (χ3n) is 0.333. The lowest BCUT2D eigenvalue weighted by atomic mass is 10.4. The van der Waals surface area contributed by atoms with Gasteiger partial charge in [0.1, 0.15) is 0 Å². The molecule has 0 aliphatic carbocycles. The Morgan fingerprint density at radius 1 is 1.29 bits per heavy atom. The molecule has 0 fully saturated rings. The van der Waals surface area contributed by atoms with Gasteiger partial charge in [0.2, 0.25) is 0 Å². The van der Waals surface area contributed by atoms with E-state index in [-0.39, 0.29) is 0 Å². The Morgan fingerprint density at radius 3 is 1.43 bits per heavy atom. The zero-order valence-electron chi connectivity index (χ0n) is 5.65. The van der Waals surface area contributed by atoms with Crippen molar-refractivity contribution in [2.75, 3.05) is 0 Å². The fraction of sp³-hybridized carbons (Fsp3) is 0.667. The maximum absolute atomic E-state index is 5.01. The van der Waals surface area contributed by atoms with Gasteiger partial charge in [-0.2, -0.15) is 0 Å². The summed E-state index contributed by atoms with van der Waals surface area (Å²) in [7, 11) is 0. The molecule has 2 N–H and O–H groups in total. The molecule has 0 radical (unpaired) electrons. The Labute approximate surface area is 46.2 Å². The predicted molar refractivity (Wildman–Crippen MR) is 35.0 cm³/mol. The molecule has 0 aliphatic rings. The van der Waals surface area contributed by atoms with Gasteiger partial charge in [-0.05, 0) is 20.0 Å². The number of hydrogen-bond donors (Lipinski definition) is 1. The molecule has 0 spiro atoms. The fourth-order valence-corrected chi connectivity index (χ4v) is 0. The Bertz CT molecular complexity index is 42.1. The number of rotatable bonds is 0. The SMILES string of the molecule is CC.CC(C)=CN. The topological polar surface area (TPSA) is 26.0 Å². The second kappa shape index (κ2) is 9.11. The van der Waals surface area contributed by atoms with E-state index in [1.54, 1.807) is 6.20 Å². The first-order valence-electron chi connectivity index (χ1n) is 2.62. The van der Waals surface area contributed by atoms with Gasteiger partial charge in [-0.3, -0.25) is 0 Å². The van der Waals surface area contributed by atoms with Crippen LogP contribution in [0.3, 0.4) is 0 Å². The van der Waals surface area contributed by atoms with Gasteiger partial charge < -0.3 is 5.73 Å². The molecular formula is C6H15N. The van der Waals surface area contributed by atoms with E-state index < -0.39 is 0 Å². The highest BCUT2D eigenvalue weighted by Gasteiger charge is 1.61. The summed E-state index contributed by atoms with van der Waals surface area (Å²) in [6.45, 7) is 7.92. The van der Waals surface area contributed by atoms with Crippen LogP contribution in [-0.4, -0.2) is 0 Å². The van der Waals surface area contributed by atoms with Gasteiger partial charge in [0.25, 0.3) is 0 Å². The summed E-state index contributed by atoms with van der Waals surface area (Å²) in [4.78, 5) is 0. The largest absolute Gasteiger partial charge is 0.405 e. The van der Waals surface area contributed by atoms with Crippen LogP contribution in [0, 0.1) is 0 Å². The third-order valence-corrected chi connectivity index (χ3v) is 0.333. The normalized spacial score (nSPS) is 5.71. The van der Waals surface area contributed by atoms with E-state index >= 15 is 0 Å². The van der Waals surface area contributed by atoms with Gasteiger partial charge in [0.05, 0.1) is 0 Å². The number of nitrogens with two attached hydrogens (primary N) is 1. The molecule has 44 valence electrons. The second-order valence-corrected chi connectivity index (χ2v) is 1.24. The molecule has 7 heavy (non-hydrogen) atoms. The molecule has 0 saturated carbocycles. The minimum absolute atomic E-state index is 1.16. The van der Waals surface area contributed by atoms with Crippen molar-refractivity contribution >= 4 is 0 Å². The fourth-order valence-electron chi connectivity index (χ4n) is 0. The molecular weight excluding hydrogens is 86.1 g/mol.